The Morgan fingerprint density at radius 3 is 2.35 bits per heavy atom. The van der Waals surface area contributed by atoms with Crippen LogP contribution in [0.4, 0.5) is 6.01 Å². The summed E-state index contributed by atoms with van der Waals surface area (Å²) in [7, 11) is 0. The molecule has 1 saturated heterocycles. The van der Waals surface area contributed by atoms with Crippen LogP contribution in [-0.4, -0.2) is 29.0 Å². The number of hydrogen-bond donors (Lipinski definition) is 1. The molecule has 5 rings (SSSR count). The van der Waals surface area contributed by atoms with Crippen molar-refractivity contribution in [2.24, 2.45) is 5.92 Å². The molecule has 2 aromatic heterocycles. The van der Waals surface area contributed by atoms with E-state index in [0.29, 0.717) is 6.01 Å². The van der Waals surface area contributed by atoms with Gasteiger partial charge in [0.05, 0.1) is 6.04 Å². The number of pyridine rings is 1. The molecule has 6 heteroatoms. The van der Waals surface area contributed by atoms with Gasteiger partial charge in [0.15, 0.2) is 5.58 Å². The van der Waals surface area contributed by atoms with E-state index in [4.69, 9.17) is 4.42 Å². The highest BCUT2D eigenvalue weighted by atomic mass is 16.4. The molecule has 1 fully saturated rings. The van der Waals surface area contributed by atoms with Gasteiger partial charge in [0.2, 0.25) is 5.91 Å². The van der Waals surface area contributed by atoms with Crippen molar-refractivity contribution in [3.63, 3.8) is 0 Å². The number of rotatable bonds is 5. The van der Waals surface area contributed by atoms with Gasteiger partial charge in [-0.2, -0.15) is 4.98 Å². The molecule has 1 unspecified atom stereocenters. The van der Waals surface area contributed by atoms with Crippen molar-refractivity contribution in [2.75, 3.05) is 18.0 Å². The maximum Gasteiger partial charge on any atom is 0.298 e. The van der Waals surface area contributed by atoms with Crippen molar-refractivity contribution in [3.05, 3.63) is 90.3 Å². The van der Waals surface area contributed by atoms with Crippen LogP contribution in [0.2, 0.25) is 0 Å². The standard InChI is InChI=1S/C25H24N4O2/c30-24(28-23(18-6-2-1-3-7-18)19-10-14-26-15-11-19)20-12-16-29(17-13-20)25-27-21-8-4-5-9-22(21)31-25/h1-11,14-15,20,23H,12-13,16-17H2,(H,28,30). The third-order valence-corrected chi connectivity index (χ3v) is 5.88. The fourth-order valence-corrected chi connectivity index (χ4v) is 4.15. The molecular weight excluding hydrogens is 388 g/mol. The molecule has 2 aromatic carbocycles. The molecule has 3 heterocycles. The summed E-state index contributed by atoms with van der Waals surface area (Å²) < 4.78 is 5.89. The molecule has 1 aliphatic heterocycles. The van der Waals surface area contributed by atoms with Crippen LogP contribution in [0.3, 0.4) is 0 Å². The van der Waals surface area contributed by atoms with E-state index in [-0.39, 0.29) is 17.9 Å². The first-order valence-corrected chi connectivity index (χ1v) is 10.6. The van der Waals surface area contributed by atoms with Crippen LogP contribution >= 0.6 is 0 Å². The summed E-state index contributed by atoms with van der Waals surface area (Å²) in [5.41, 5.74) is 3.74. The first-order chi connectivity index (χ1) is 15.3. The fraction of sp³-hybridized carbons (Fsp3) is 0.240. The zero-order valence-corrected chi connectivity index (χ0v) is 17.1. The number of carbonyl (C=O) groups excluding carboxylic acids is 1. The molecule has 0 spiro atoms. The number of aromatic nitrogens is 2. The normalized spacial score (nSPS) is 15.7. The number of amides is 1. The molecule has 1 amide bonds. The van der Waals surface area contributed by atoms with Gasteiger partial charge in [0.25, 0.3) is 6.01 Å². The zero-order valence-electron chi connectivity index (χ0n) is 17.1. The van der Waals surface area contributed by atoms with Crippen molar-refractivity contribution in [1.29, 1.82) is 0 Å². The third-order valence-electron chi connectivity index (χ3n) is 5.88. The van der Waals surface area contributed by atoms with Crippen LogP contribution in [0.5, 0.6) is 0 Å². The molecule has 0 saturated carbocycles. The summed E-state index contributed by atoms with van der Waals surface area (Å²) in [5, 5.41) is 3.27. The Balaban J connectivity index is 1.27. The highest BCUT2D eigenvalue weighted by Gasteiger charge is 2.29. The largest absolute Gasteiger partial charge is 0.423 e. The highest BCUT2D eigenvalue weighted by Crippen LogP contribution is 2.28. The van der Waals surface area contributed by atoms with Crippen LogP contribution in [0, 0.1) is 5.92 Å². The fourth-order valence-electron chi connectivity index (χ4n) is 4.15. The Morgan fingerprint density at radius 1 is 0.935 bits per heavy atom. The Bertz CT molecular complexity index is 1080. The lowest BCUT2D eigenvalue weighted by atomic mass is 9.94. The van der Waals surface area contributed by atoms with E-state index in [0.717, 1.165) is 48.2 Å². The molecule has 6 nitrogen and oxygen atoms in total. The Labute approximate surface area is 180 Å². The van der Waals surface area contributed by atoms with Gasteiger partial charge in [0, 0.05) is 31.4 Å². The van der Waals surface area contributed by atoms with E-state index in [1.54, 1.807) is 12.4 Å². The average molecular weight is 412 g/mol. The molecule has 0 bridgehead atoms. The molecular formula is C25H24N4O2. The predicted molar refractivity (Wildman–Crippen MR) is 120 cm³/mol. The van der Waals surface area contributed by atoms with Crippen LogP contribution in [0.1, 0.15) is 30.0 Å². The molecule has 1 N–H and O–H groups in total. The second kappa shape index (κ2) is 8.60. The summed E-state index contributed by atoms with van der Waals surface area (Å²) in [4.78, 5) is 24.0. The summed E-state index contributed by atoms with van der Waals surface area (Å²) in [6.07, 6.45) is 5.05. The number of oxazole rings is 1. The smallest absolute Gasteiger partial charge is 0.298 e. The molecule has 0 radical (unpaired) electrons. The second-order valence-corrected chi connectivity index (χ2v) is 7.86. The van der Waals surface area contributed by atoms with Crippen LogP contribution < -0.4 is 10.2 Å². The number of para-hydroxylation sites is 2. The van der Waals surface area contributed by atoms with Crippen LogP contribution in [-0.2, 0) is 4.79 Å². The number of nitrogens with zero attached hydrogens (tertiary/aromatic N) is 3. The van der Waals surface area contributed by atoms with Crippen LogP contribution in [0.25, 0.3) is 11.1 Å². The van der Waals surface area contributed by atoms with E-state index >= 15 is 0 Å². The Morgan fingerprint density at radius 2 is 1.61 bits per heavy atom. The number of nitrogens with one attached hydrogen (secondary N) is 1. The molecule has 31 heavy (non-hydrogen) atoms. The third kappa shape index (κ3) is 4.14. The number of carbonyl (C=O) groups is 1. The number of hydrogen-bond acceptors (Lipinski definition) is 5. The van der Waals surface area contributed by atoms with Gasteiger partial charge < -0.3 is 14.6 Å². The van der Waals surface area contributed by atoms with E-state index in [1.165, 1.54) is 0 Å². The second-order valence-electron chi connectivity index (χ2n) is 7.86. The average Bonchev–Trinajstić information content (AvgIpc) is 3.28. The van der Waals surface area contributed by atoms with E-state index in [2.05, 4.69) is 20.2 Å². The maximum atomic E-state index is 13.2. The first kappa shape index (κ1) is 19.3. The molecule has 4 aromatic rings. The van der Waals surface area contributed by atoms with E-state index < -0.39 is 0 Å². The minimum Gasteiger partial charge on any atom is -0.423 e. The topological polar surface area (TPSA) is 71.3 Å². The van der Waals surface area contributed by atoms with E-state index in [9.17, 15) is 4.79 Å². The van der Waals surface area contributed by atoms with Crippen LogP contribution in [0.15, 0.2) is 83.5 Å². The number of piperidine rings is 1. The van der Waals surface area contributed by atoms with Crippen molar-refractivity contribution in [2.45, 2.75) is 18.9 Å². The Kier molecular flexibility index (Phi) is 5.35. The molecule has 0 aliphatic carbocycles. The molecule has 156 valence electrons. The Hall–Kier alpha value is -3.67. The van der Waals surface area contributed by atoms with Gasteiger partial charge in [-0.05, 0) is 48.2 Å². The van der Waals surface area contributed by atoms with Gasteiger partial charge in [-0.15, -0.1) is 0 Å². The van der Waals surface area contributed by atoms with Gasteiger partial charge in [-0.3, -0.25) is 9.78 Å². The lowest BCUT2D eigenvalue weighted by molar-refractivity contribution is -0.126. The van der Waals surface area contributed by atoms with E-state index in [1.807, 2.05) is 66.7 Å². The number of benzene rings is 2. The summed E-state index contributed by atoms with van der Waals surface area (Å²) >= 11 is 0. The van der Waals surface area contributed by atoms with Gasteiger partial charge in [-0.1, -0.05) is 42.5 Å². The quantitative estimate of drug-likeness (QED) is 0.528. The van der Waals surface area contributed by atoms with Crippen molar-refractivity contribution in [3.8, 4) is 0 Å². The molecule has 1 atom stereocenters. The lowest BCUT2D eigenvalue weighted by Crippen LogP contribution is -2.42. The lowest BCUT2D eigenvalue weighted by Gasteiger charge is -2.31. The van der Waals surface area contributed by atoms with Crippen molar-refractivity contribution >= 4 is 23.0 Å². The first-order valence-electron chi connectivity index (χ1n) is 10.6. The predicted octanol–water partition coefficient (Wildman–Crippen LogP) is 4.35. The van der Waals surface area contributed by atoms with Crippen molar-refractivity contribution in [1.82, 2.24) is 15.3 Å². The van der Waals surface area contributed by atoms with Gasteiger partial charge in [-0.25, -0.2) is 0 Å². The van der Waals surface area contributed by atoms with Gasteiger partial charge >= 0.3 is 0 Å². The zero-order chi connectivity index (χ0) is 21.0. The summed E-state index contributed by atoms with van der Waals surface area (Å²) in [5.74, 6) is 0.0524. The van der Waals surface area contributed by atoms with Crippen molar-refractivity contribution < 1.29 is 9.21 Å². The summed E-state index contributed by atoms with van der Waals surface area (Å²) in [6.45, 7) is 1.49. The highest BCUT2D eigenvalue weighted by molar-refractivity contribution is 5.80. The minimum absolute atomic E-state index is 0.0336. The minimum atomic E-state index is -0.188. The SMILES string of the molecule is O=C(NC(c1ccccc1)c1ccncc1)C1CCN(c2nc3ccccc3o2)CC1. The number of fused-ring (bicyclic) bond motifs is 1. The summed E-state index contributed by atoms with van der Waals surface area (Å²) in [6, 6.07) is 22.2. The number of anilines is 1. The molecule has 1 aliphatic rings. The van der Waals surface area contributed by atoms with Gasteiger partial charge in [0.1, 0.15) is 5.52 Å². The monoisotopic (exact) mass is 412 g/mol. The maximum absolute atomic E-state index is 13.2.